The van der Waals surface area contributed by atoms with Crippen molar-refractivity contribution < 1.29 is 4.79 Å². The Morgan fingerprint density at radius 3 is 2.71 bits per heavy atom. The molecule has 0 bridgehead atoms. The highest BCUT2D eigenvalue weighted by atomic mass is 32.1. The van der Waals surface area contributed by atoms with Crippen molar-refractivity contribution in [3.8, 4) is 22.0 Å². The molecule has 0 radical (unpaired) electrons. The highest BCUT2D eigenvalue weighted by Gasteiger charge is 2.11. The van der Waals surface area contributed by atoms with Crippen molar-refractivity contribution in [3.05, 3.63) is 88.5 Å². The second-order valence-corrected chi connectivity index (χ2v) is 7.87. The van der Waals surface area contributed by atoms with Gasteiger partial charge in [0.05, 0.1) is 21.6 Å². The van der Waals surface area contributed by atoms with Crippen LogP contribution in [0.5, 0.6) is 0 Å². The molecule has 5 aromatic rings. The van der Waals surface area contributed by atoms with E-state index >= 15 is 0 Å². The number of thiophene rings is 1. The van der Waals surface area contributed by atoms with E-state index in [4.69, 9.17) is 0 Å². The molecule has 0 unspecified atom stereocenters. The summed E-state index contributed by atoms with van der Waals surface area (Å²) in [4.78, 5) is 33.7. The van der Waals surface area contributed by atoms with E-state index in [0.29, 0.717) is 11.4 Å². The van der Waals surface area contributed by atoms with Crippen LogP contribution in [0.25, 0.3) is 33.0 Å². The quantitative estimate of drug-likeness (QED) is 0.441. The molecule has 2 aromatic carbocycles. The average Bonchev–Trinajstić information content (AvgIpc) is 3.45. The van der Waals surface area contributed by atoms with Gasteiger partial charge < -0.3 is 10.3 Å². The molecule has 2 N–H and O–H groups in total. The molecule has 8 heteroatoms. The van der Waals surface area contributed by atoms with E-state index < -0.39 is 0 Å². The number of anilines is 1. The molecular weight excluding hydrogens is 410 g/mol. The Hall–Kier alpha value is -4.04. The number of fused-ring (bicyclic) bond motifs is 1. The van der Waals surface area contributed by atoms with Crippen molar-refractivity contribution in [2.24, 2.45) is 0 Å². The molecule has 1 amide bonds. The van der Waals surface area contributed by atoms with Crippen LogP contribution in [0.2, 0.25) is 0 Å². The third kappa shape index (κ3) is 4.01. The number of benzene rings is 2. The van der Waals surface area contributed by atoms with Crippen LogP contribution in [0.4, 0.5) is 5.69 Å². The number of hydrogen-bond acceptors (Lipinski definition) is 5. The summed E-state index contributed by atoms with van der Waals surface area (Å²) in [5.74, 6) is 0.458. The van der Waals surface area contributed by atoms with Crippen LogP contribution >= 0.6 is 11.3 Å². The highest BCUT2D eigenvalue weighted by molar-refractivity contribution is 7.13. The largest absolute Gasteiger partial charge is 0.337 e. The zero-order valence-electron chi connectivity index (χ0n) is 16.3. The fourth-order valence-corrected chi connectivity index (χ4v) is 3.95. The zero-order valence-corrected chi connectivity index (χ0v) is 17.1. The molecule has 0 saturated heterocycles. The molecule has 0 aliphatic rings. The number of amides is 1. The number of rotatable bonds is 5. The van der Waals surface area contributed by atoms with Gasteiger partial charge in [-0.05, 0) is 35.7 Å². The maximum atomic E-state index is 12.6. The van der Waals surface area contributed by atoms with Crippen molar-refractivity contribution in [1.82, 2.24) is 19.7 Å². The summed E-state index contributed by atoms with van der Waals surface area (Å²) >= 11 is 1.61. The molecule has 5 rings (SSSR count). The molecule has 0 fully saturated rings. The van der Waals surface area contributed by atoms with Crippen molar-refractivity contribution in [2.45, 2.75) is 6.54 Å². The Morgan fingerprint density at radius 1 is 1.03 bits per heavy atom. The number of nitrogens with one attached hydrogen (secondary N) is 2. The van der Waals surface area contributed by atoms with Crippen LogP contribution in [-0.4, -0.2) is 25.7 Å². The van der Waals surface area contributed by atoms with Gasteiger partial charge in [0.1, 0.15) is 12.4 Å². The normalized spacial score (nSPS) is 11.0. The molecule has 7 nitrogen and oxygen atoms in total. The molecule has 31 heavy (non-hydrogen) atoms. The lowest BCUT2D eigenvalue weighted by Crippen LogP contribution is -2.29. The number of hydrogen-bond donors (Lipinski definition) is 2. The van der Waals surface area contributed by atoms with Crippen LogP contribution in [0.3, 0.4) is 0 Å². The summed E-state index contributed by atoms with van der Waals surface area (Å²) in [5.41, 5.74) is 3.43. The smallest absolute Gasteiger partial charge is 0.267 e. The van der Waals surface area contributed by atoms with Crippen LogP contribution < -0.4 is 10.9 Å². The molecule has 0 spiro atoms. The minimum Gasteiger partial charge on any atom is -0.337 e. The SMILES string of the molecule is O=C(Cn1nc(-c2ccccc2)ccc1=O)Nc1ccc2nc(-c3cccs3)[nH]c2c1. The number of carbonyl (C=O) groups is 1. The topological polar surface area (TPSA) is 92.7 Å². The van der Waals surface area contributed by atoms with Crippen LogP contribution in [0.15, 0.2) is 83.0 Å². The first-order chi connectivity index (χ1) is 15.2. The van der Waals surface area contributed by atoms with Crippen molar-refractivity contribution in [3.63, 3.8) is 0 Å². The minimum atomic E-state index is -0.336. The lowest BCUT2D eigenvalue weighted by atomic mass is 10.1. The van der Waals surface area contributed by atoms with Gasteiger partial charge in [0, 0.05) is 17.3 Å². The van der Waals surface area contributed by atoms with Gasteiger partial charge in [-0.3, -0.25) is 9.59 Å². The van der Waals surface area contributed by atoms with Crippen molar-refractivity contribution >= 4 is 34.0 Å². The van der Waals surface area contributed by atoms with Crippen LogP contribution in [0, 0.1) is 0 Å². The fraction of sp³-hybridized carbons (Fsp3) is 0.0435. The molecule has 0 saturated carbocycles. The predicted octanol–water partition coefficient (Wildman–Crippen LogP) is 4.15. The summed E-state index contributed by atoms with van der Waals surface area (Å²) in [5, 5.41) is 9.16. The number of H-pyrrole nitrogens is 1. The first-order valence-electron chi connectivity index (χ1n) is 9.63. The molecular formula is C23H17N5O2S. The lowest BCUT2D eigenvalue weighted by molar-refractivity contribution is -0.117. The van der Waals surface area contributed by atoms with Gasteiger partial charge in [-0.25, -0.2) is 9.67 Å². The number of carbonyl (C=O) groups excluding carboxylic acids is 1. The van der Waals surface area contributed by atoms with Gasteiger partial charge in [-0.2, -0.15) is 5.10 Å². The summed E-state index contributed by atoms with van der Waals surface area (Å²) in [6.07, 6.45) is 0. The summed E-state index contributed by atoms with van der Waals surface area (Å²) in [6, 6.07) is 22.0. The minimum absolute atomic E-state index is 0.180. The van der Waals surface area contributed by atoms with E-state index in [-0.39, 0.29) is 18.0 Å². The highest BCUT2D eigenvalue weighted by Crippen LogP contribution is 2.26. The van der Waals surface area contributed by atoms with Gasteiger partial charge in [-0.1, -0.05) is 36.4 Å². The molecule has 3 aromatic heterocycles. The van der Waals surface area contributed by atoms with E-state index in [1.165, 1.54) is 10.7 Å². The second kappa shape index (κ2) is 8.00. The van der Waals surface area contributed by atoms with Gasteiger partial charge >= 0.3 is 0 Å². The van der Waals surface area contributed by atoms with E-state index in [1.807, 2.05) is 60.0 Å². The number of aromatic nitrogens is 4. The molecule has 0 aliphatic carbocycles. The Balaban J connectivity index is 1.35. The zero-order chi connectivity index (χ0) is 21.2. The Morgan fingerprint density at radius 2 is 1.90 bits per heavy atom. The first kappa shape index (κ1) is 19.0. The van der Waals surface area contributed by atoms with E-state index in [0.717, 1.165) is 27.3 Å². The van der Waals surface area contributed by atoms with Gasteiger partial charge in [0.15, 0.2) is 0 Å². The standard InChI is InChI=1S/C23H17N5O2S/c29-21(14-28-22(30)11-10-17(27-28)15-5-2-1-3-6-15)24-16-8-9-18-19(13-16)26-23(25-18)20-7-4-12-31-20/h1-13H,14H2,(H,24,29)(H,25,26). The third-order valence-corrected chi connectivity index (χ3v) is 5.63. The number of aromatic amines is 1. The van der Waals surface area contributed by atoms with Gasteiger partial charge in [0.2, 0.25) is 5.91 Å². The first-order valence-corrected chi connectivity index (χ1v) is 10.5. The maximum Gasteiger partial charge on any atom is 0.267 e. The van der Waals surface area contributed by atoms with Gasteiger partial charge in [-0.15, -0.1) is 11.3 Å². The van der Waals surface area contributed by atoms with E-state index in [2.05, 4.69) is 20.4 Å². The summed E-state index contributed by atoms with van der Waals surface area (Å²) < 4.78 is 1.17. The third-order valence-electron chi connectivity index (χ3n) is 4.75. The van der Waals surface area contributed by atoms with Crippen LogP contribution in [-0.2, 0) is 11.3 Å². The van der Waals surface area contributed by atoms with E-state index in [9.17, 15) is 9.59 Å². The Kier molecular flexibility index (Phi) is 4.89. The Bertz CT molecular complexity index is 1420. The predicted molar refractivity (Wildman–Crippen MR) is 122 cm³/mol. The number of nitrogens with zero attached hydrogens (tertiary/aromatic N) is 3. The lowest BCUT2D eigenvalue weighted by Gasteiger charge is -2.08. The molecule has 0 aliphatic heterocycles. The molecule has 152 valence electrons. The second-order valence-electron chi connectivity index (χ2n) is 6.92. The van der Waals surface area contributed by atoms with Crippen molar-refractivity contribution in [2.75, 3.05) is 5.32 Å². The average molecular weight is 427 g/mol. The monoisotopic (exact) mass is 427 g/mol. The maximum absolute atomic E-state index is 12.6. The fourth-order valence-electron chi connectivity index (χ4n) is 3.28. The molecule has 3 heterocycles. The Labute approximate surface area is 181 Å². The molecule has 0 atom stereocenters. The van der Waals surface area contributed by atoms with Crippen LogP contribution in [0.1, 0.15) is 0 Å². The van der Waals surface area contributed by atoms with E-state index in [1.54, 1.807) is 23.5 Å². The van der Waals surface area contributed by atoms with Crippen molar-refractivity contribution in [1.29, 1.82) is 0 Å². The summed E-state index contributed by atoms with van der Waals surface area (Å²) in [7, 11) is 0. The number of imidazole rings is 1. The summed E-state index contributed by atoms with van der Waals surface area (Å²) in [6.45, 7) is -0.180. The van der Waals surface area contributed by atoms with Gasteiger partial charge in [0.25, 0.3) is 5.56 Å².